The maximum absolute atomic E-state index is 12.9. The van der Waals surface area contributed by atoms with Gasteiger partial charge < -0.3 is 20.0 Å². The molecule has 3 fully saturated rings. The predicted octanol–water partition coefficient (Wildman–Crippen LogP) is 3.00. The zero-order valence-electron chi connectivity index (χ0n) is 21.5. The van der Waals surface area contributed by atoms with E-state index in [1.165, 1.54) is 5.56 Å². The topological polar surface area (TPSA) is 85.9 Å². The van der Waals surface area contributed by atoms with Gasteiger partial charge in [-0.15, -0.1) is 0 Å². The van der Waals surface area contributed by atoms with Gasteiger partial charge in [0.05, 0.1) is 11.9 Å². The predicted molar refractivity (Wildman–Crippen MR) is 139 cm³/mol. The molecule has 2 atom stereocenters. The molecular weight excluding hydrogens is 454 g/mol. The van der Waals surface area contributed by atoms with Gasteiger partial charge in [0.2, 0.25) is 11.8 Å². The lowest BCUT2D eigenvalue weighted by atomic mass is 9.86. The number of hydrogen-bond donors (Lipinski definition) is 1. The molecule has 2 aliphatic heterocycles. The highest BCUT2D eigenvalue weighted by Gasteiger charge is 2.60. The summed E-state index contributed by atoms with van der Waals surface area (Å²) in [4.78, 5) is 47.7. The number of piperidine rings is 1. The summed E-state index contributed by atoms with van der Waals surface area (Å²) in [6, 6.07) is 11.7. The number of piperazine rings is 1. The number of nitrogens with one attached hydrogen (secondary N) is 1. The third kappa shape index (κ3) is 4.81. The lowest BCUT2D eigenvalue weighted by Crippen LogP contribution is -2.48. The molecule has 8 nitrogen and oxygen atoms in total. The number of carbonyl (C=O) groups excluding carboxylic acids is 3. The molecule has 36 heavy (non-hydrogen) atoms. The SMILES string of the molecule is CC(=O)N1CCN(c2ccc(NC(=O)C3C4CN(C(=O)c5ccc(C(C)(C)C)cc5)CC43)cn2)CC1. The van der Waals surface area contributed by atoms with E-state index in [2.05, 4.69) is 36.0 Å². The molecule has 3 aliphatic rings. The third-order valence-corrected chi connectivity index (χ3v) is 7.85. The minimum absolute atomic E-state index is 0.0104. The van der Waals surface area contributed by atoms with Crippen molar-refractivity contribution in [1.29, 1.82) is 0 Å². The van der Waals surface area contributed by atoms with E-state index in [0.717, 1.165) is 18.9 Å². The molecule has 5 rings (SSSR count). The molecule has 190 valence electrons. The Kier molecular flexibility index (Phi) is 6.22. The van der Waals surface area contributed by atoms with Crippen molar-refractivity contribution in [3.05, 3.63) is 53.7 Å². The molecule has 1 saturated carbocycles. The molecule has 0 spiro atoms. The third-order valence-electron chi connectivity index (χ3n) is 7.85. The minimum atomic E-state index is -0.0448. The van der Waals surface area contributed by atoms with E-state index in [4.69, 9.17) is 0 Å². The van der Waals surface area contributed by atoms with Crippen molar-refractivity contribution >= 4 is 29.2 Å². The summed E-state index contributed by atoms with van der Waals surface area (Å²) < 4.78 is 0. The van der Waals surface area contributed by atoms with Gasteiger partial charge in [0, 0.05) is 57.7 Å². The fourth-order valence-corrected chi connectivity index (χ4v) is 5.50. The summed E-state index contributed by atoms with van der Waals surface area (Å²) in [6.07, 6.45) is 1.69. The van der Waals surface area contributed by atoms with Gasteiger partial charge in [-0.05, 0) is 47.1 Å². The first-order valence-electron chi connectivity index (χ1n) is 12.8. The Hall–Kier alpha value is -3.42. The van der Waals surface area contributed by atoms with E-state index < -0.39 is 0 Å². The van der Waals surface area contributed by atoms with Gasteiger partial charge in [-0.2, -0.15) is 0 Å². The molecule has 0 bridgehead atoms. The van der Waals surface area contributed by atoms with Gasteiger partial charge in [0.1, 0.15) is 5.82 Å². The number of rotatable bonds is 4. The highest BCUT2D eigenvalue weighted by molar-refractivity contribution is 5.97. The van der Waals surface area contributed by atoms with Crippen molar-refractivity contribution in [1.82, 2.24) is 14.8 Å². The van der Waals surface area contributed by atoms with Crippen LogP contribution in [-0.4, -0.2) is 71.8 Å². The lowest BCUT2D eigenvalue weighted by molar-refractivity contribution is -0.129. The van der Waals surface area contributed by atoms with Crippen molar-refractivity contribution in [3.63, 3.8) is 0 Å². The van der Waals surface area contributed by atoms with Crippen LogP contribution in [0.3, 0.4) is 0 Å². The second kappa shape index (κ2) is 9.22. The normalized spacial score (nSPS) is 23.3. The van der Waals surface area contributed by atoms with Crippen LogP contribution in [-0.2, 0) is 15.0 Å². The van der Waals surface area contributed by atoms with Crippen LogP contribution in [0.15, 0.2) is 42.6 Å². The second-order valence-corrected chi connectivity index (χ2v) is 11.3. The van der Waals surface area contributed by atoms with Gasteiger partial charge in [-0.25, -0.2) is 4.98 Å². The number of likely N-dealkylation sites (tertiary alicyclic amines) is 1. The van der Waals surface area contributed by atoms with Crippen LogP contribution in [0.5, 0.6) is 0 Å². The van der Waals surface area contributed by atoms with Crippen LogP contribution in [0.25, 0.3) is 0 Å². The van der Waals surface area contributed by atoms with Crippen LogP contribution in [0.2, 0.25) is 0 Å². The summed E-state index contributed by atoms with van der Waals surface area (Å²) in [6.45, 7) is 12.2. The summed E-state index contributed by atoms with van der Waals surface area (Å²) in [7, 11) is 0. The monoisotopic (exact) mass is 489 g/mol. The van der Waals surface area contributed by atoms with E-state index in [9.17, 15) is 14.4 Å². The van der Waals surface area contributed by atoms with Crippen molar-refractivity contribution < 1.29 is 14.4 Å². The molecule has 2 aromatic rings. The maximum Gasteiger partial charge on any atom is 0.253 e. The lowest BCUT2D eigenvalue weighted by Gasteiger charge is -2.34. The first kappa shape index (κ1) is 24.3. The zero-order valence-corrected chi connectivity index (χ0v) is 21.5. The Morgan fingerprint density at radius 3 is 2.06 bits per heavy atom. The van der Waals surface area contributed by atoms with Gasteiger partial charge >= 0.3 is 0 Å². The summed E-state index contributed by atoms with van der Waals surface area (Å²) in [5.74, 6) is 1.43. The van der Waals surface area contributed by atoms with Crippen LogP contribution < -0.4 is 10.2 Å². The maximum atomic E-state index is 12.9. The molecule has 1 aromatic carbocycles. The van der Waals surface area contributed by atoms with E-state index in [-0.39, 0.29) is 40.9 Å². The molecule has 2 saturated heterocycles. The Morgan fingerprint density at radius 1 is 0.889 bits per heavy atom. The van der Waals surface area contributed by atoms with Crippen molar-refractivity contribution in [2.75, 3.05) is 49.5 Å². The van der Waals surface area contributed by atoms with Crippen LogP contribution in [0.1, 0.15) is 43.6 Å². The minimum Gasteiger partial charge on any atom is -0.353 e. The summed E-state index contributed by atoms with van der Waals surface area (Å²) >= 11 is 0. The number of hydrogen-bond acceptors (Lipinski definition) is 5. The molecule has 3 heterocycles. The Bertz CT molecular complexity index is 1140. The molecule has 0 radical (unpaired) electrons. The van der Waals surface area contributed by atoms with Gasteiger partial charge in [-0.3, -0.25) is 14.4 Å². The average Bonchev–Trinajstić information content (AvgIpc) is 3.37. The smallest absolute Gasteiger partial charge is 0.253 e. The van der Waals surface area contributed by atoms with E-state index in [0.29, 0.717) is 37.4 Å². The van der Waals surface area contributed by atoms with Crippen LogP contribution in [0.4, 0.5) is 11.5 Å². The first-order valence-corrected chi connectivity index (χ1v) is 12.8. The number of aromatic nitrogens is 1. The fourth-order valence-electron chi connectivity index (χ4n) is 5.50. The molecule has 1 N–H and O–H groups in total. The second-order valence-electron chi connectivity index (χ2n) is 11.3. The van der Waals surface area contributed by atoms with Crippen molar-refractivity contribution in [2.24, 2.45) is 17.8 Å². The highest BCUT2D eigenvalue weighted by atomic mass is 16.2. The number of pyridine rings is 1. The van der Waals surface area contributed by atoms with Gasteiger partial charge in [-0.1, -0.05) is 32.9 Å². The van der Waals surface area contributed by atoms with Crippen LogP contribution >= 0.6 is 0 Å². The Morgan fingerprint density at radius 2 is 1.53 bits per heavy atom. The number of carbonyl (C=O) groups is 3. The first-order chi connectivity index (χ1) is 17.1. The number of fused-ring (bicyclic) bond motifs is 1. The van der Waals surface area contributed by atoms with Crippen molar-refractivity contribution in [3.8, 4) is 0 Å². The highest BCUT2D eigenvalue weighted by Crippen LogP contribution is 2.52. The molecule has 1 aliphatic carbocycles. The number of benzene rings is 1. The quantitative estimate of drug-likeness (QED) is 0.714. The van der Waals surface area contributed by atoms with E-state index in [1.54, 1.807) is 13.1 Å². The molecule has 8 heteroatoms. The molecule has 1 aromatic heterocycles. The standard InChI is InChI=1S/C28H35N5O3/c1-18(34)31-11-13-32(14-12-31)24-10-9-21(15-29-24)30-26(35)25-22-16-33(17-23(22)25)27(36)19-5-7-20(8-6-19)28(2,3)4/h5-10,15,22-23,25H,11-14,16-17H2,1-4H3,(H,30,35). The number of amides is 3. The number of anilines is 2. The van der Waals surface area contributed by atoms with Crippen LogP contribution in [0, 0.1) is 17.8 Å². The van der Waals surface area contributed by atoms with E-state index in [1.807, 2.05) is 46.2 Å². The largest absolute Gasteiger partial charge is 0.353 e. The fraction of sp³-hybridized carbons (Fsp3) is 0.500. The summed E-state index contributed by atoms with van der Waals surface area (Å²) in [5.41, 5.74) is 2.65. The zero-order chi connectivity index (χ0) is 25.6. The average molecular weight is 490 g/mol. The van der Waals surface area contributed by atoms with E-state index >= 15 is 0 Å². The van der Waals surface area contributed by atoms with Crippen molar-refractivity contribution in [2.45, 2.75) is 33.1 Å². The van der Waals surface area contributed by atoms with Gasteiger partial charge in [0.25, 0.3) is 5.91 Å². The molecule has 3 amide bonds. The van der Waals surface area contributed by atoms with Gasteiger partial charge in [0.15, 0.2) is 0 Å². The molecule has 2 unspecified atom stereocenters. The Balaban J connectivity index is 1.11. The summed E-state index contributed by atoms with van der Waals surface area (Å²) in [5, 5.41) is 3.00. The Labute approximate surface area is 212 Å². The number of nitrogens with zero attached hydrogens (tertiary/aromatic N) is 4. The molecular formula is C28H35N5O3.